The summed E-state index contributed by atoms with van der Waals surface area (Å²) in [7, 11) is 2.91. The third kappa shape index (κ3) is 4.77. The molecule has 0 aromatic carbocycles. The highest BCUT2D eigenvalue weighted by Crippen LogP contribution is 2.22. The number of ether oxygens (including phenoxy) is 1. The molecule has 0 saturated heterocycles. The van der Waals surface area contributed by atoms with Crippen molar-refractivity contribution in [2.75, 3.05) is 18.9 Å². The highest BCUT2D eigenvalue weighted by molar-refractivity contribution is 8.00. The molecule has 2 rings (SSSR count). The van der Waals surface area contributed by atoms with Crippen molar-refractivity contribution in [1.82, 2.24) is 24.4 Å². The van der Waals surface area contributed by atoms with Crippen LogP contribution in [-0.4, -0.2) is 49.9 Å². The van der Waals surface area contributed by atoms with E-state index in [2.05, 4.69) is 15.3 Å². The van der Waals surface area contributed by atoms with Gasteiger partial charge in [-0.25, -0.2) is 14.8 Å². The van der Waals surface area contributed by atoms with Crippen LogP contribution in [0.5, 0.6) is 0 Å². The van der Waals surface area contributed by atoms with Crippen molar-refractivity contribution in [3.8, 4) is 0 Å². The molecule has 2 aromatic heterocycles. The Bertz CT molecular complexity index is 1010. The molecule has 0 aliphatic rings. The van der Waals surface area contributed by atoms with Crippen LogP contribution in [0.1, 0.15) is 26.1 Å². The van der Waals surface area contributed by atoms with Crippen LogP contribution in [0.15, 0.2) is 14.6 Å². The number of carbonyl (C=O) groups excluding carboxylic acids is 2. The number of thioether (sulfide) groups is 1. The molecule has 1 amide bonds. The lowest BCUT2D eigenvalue weighted by atomic mass is 10.3. The Kier molecular flexibility index (Phi) is 7.32. The summed E-state index contributed by atoms with van der Waals surface area (Å²) >= 11 is 1.06. The van der Waals surface area contributed by atoms with Crippen LogP contribution in [0.4, 0.5) is 0 Å². The Hall–Kier alpha value is -2.69. The number of aromatic nitrogens is 4. The zero-order valence-electron chi connectivity index (χ0n) is 16.3. The van der Waals surface area contributed by atoms with Crippen LogP contribution in [0.3, 0.4) is 0 Å². The number of amides is 1. The van der Waals surface area contributed by atoms with Crippen molar-refractivity contribution in [2.45, 2.75) is 31.7 Å². The number of hydrogen-bond donors (Lipinski definition) is 1. The number of aryl methyl sites for hydroxylation is 2. The SMILES string of the molecule is CCCc1nc(SCC(=O)NCC(=O)OCC)c2c(=O)n(C)c(=O)n(C)c2n1. The maximum Gasteiger partial charge on any atom is 0.332 e. The monoisotopic (exact) mass is 409 g/mol. The standard InChI is InChI=1S/C17H23N5O5S/c1-5-7-10-19-14-13(16(25)22(4)17(26)21(14)3)15(20-10)28-9-11(23)18-8-12(24)27-6-2/h5-9H2,1-4H3,(H,18,23). The number of esters is 1. The zero-order chi connectivity index (χ0) is 20.8. The molecule has 1 N–H and O–H groups in total. The largest absolute Gasteiger partial charge is 0.465 e. The van der Waals surface area contributed by atoms with Gasteiger partial charge in [-0.2, -0.15) is 0 Å². The summed E-state index contributed by atoms with van der Waals surface area (Å²) in [4.78, 5) is 56.9. The number of nitrogens with zero attached hydrogens (tertiary/aromatic N) is 4. The number of nitrogens with one attached hydrogen (secondary N) is 1. The van der Waals surface area contributed by atoms with E-state index in [4.69, 9.17) is 4.74 Å². The van der Waals surface area contributed by atoms with Crippen LogP contribution < -0.4 is 16.6 Å². The van der Waals surface area contributed by atoms with Crippen LogP contribution in [-0.2, 0) is 34.8 Å². The molecule has 152 valence electrons. The molecule has 0 fully saturated rings. The Morgan fingerprint density at radius 2 is 1.86 bits per heavy atom. The first-order valence-electron chi connectivity index (χ1n) is 8.81. The maximum absolute atomic E-state index is 12.6. The lowest BCUT2D eigenvalue weighted by Crippen LogP contribution is -2.38. The molecule has 0 saturated carbocycles. The van der Waals surface area contributed by atoms with Gasteiger partial charge in [-0.05, 0) is 13.3 Å². The second-order valence-corrected chi connectivity index (χ2v) is 6.93. The molecule has 0 unspecified atom stereocenters. The first-order valence-corrected chi connectivity index (χ1v) is 9.80. The van der Waals surface area contributed by atoms with Crippen LogP contribution >= 0.6 is 11.8 Å². The molecule has 28 heavy (non-hydrogen) atoms. The fraction of sp³-hybridized carbons (Fsp3) is 0.529. The van der Waals surface area contributed by atoms with Crippen LogP contribution in [0.2, 0.25) is 0 Å². The fourth-order valence-electron chi connectivity index (χ4n) is 2.48. The quantitative estimate of drug-likeness (QED) is 0.359. The third-order valence-electron chi connectivity index (χ3n) is 3.86. The van der Waals surface area contributed by atoms with Crippen LogP contribution in [0.25, 0.3) is 11.0 Å². The van der Waals surface area contributed by atoms with Gasteiger partial charge in [0.1, 0.15) is 22.8 Å². The van der Waals surface area contributed by atoms with Crippen molar-refractivity contribution >= 4 is 34.7 Å². The Balaban J connectivity index is 2.35. The normalized spacial score (nSPS) is 10.9. The molecule has 11 heteroatoms. The second-order valence-electron chi connectivity index (χ2n) is 5.97. The minimum atomic E-state index is -0.526. The van der Waals surface area contributed by atoms with E-state index in [9.17, 15) is 19.2 Å². The summed E-state index contributed by atoms with van der Waals surface area (Å²) < 4.78 is 7.03. The molecule has 0 spiro atoms. The van der Waals surface area contributed by atoms with Gasteiger partial charge in [-0.1, -0.05) is 18.7 Å². The zero-order valence-corrected chi connectivity index (χ0v) is 17.1. The highest BCUT2D eigenvalue weighted by Gasteiger charge is 2.18. The highest BCUT2D eigenvalue weighted by atomic mass is 32.2. The number of carbonyl (C=O) groups is 2. The minimum absolute atomic E-state index is 0.0525. The molecule has 0 bridgehead atoms. The Labute approximate surface area is 165 Å². The Morgan fingerprint density at radius 3 is 2.50 bits per heavy atom. The number of fused-ring (bicyclic) bond motifs is 1. The topological polar surface area (TPSA) is 125 Å². The molecule has 0 atom stereocenters. The van der Waals surface area contributed by atoms with Crippen molar-refractivity contribution in [3.05, 3.63) is 26.7 Å². The number of rotatable bonds is 8. The van der Waals surface area contributed by atoms with E-state index in [-0.39, 0.29) is 29.9 Å². The van der Waals surface area contributed by atoms with E-state index in [0.717, 1.165) is 22.7 Å². The van der Waals surface area contributed by atoms with E-state index in [1.54, 1.807) is 6.92 Å². The maximum atomic E-state index is 12.6. The van der Waals surface area contributed by atoms with Crippen molar-refractivity contribution in [3.63, 3.8) is 0 Å². The third-order valence-corrected chi connectivity index (χ3v) is 4.84. The summed E-state index contributed by atoms with van der Waals surface area (Å²) in [6.07, 6.45) is 1.36. The lowest BCUT2D eigenvalue weighted by Gasteiger charge is -2.11. The first-order chi connectivity index (χ1) is 13.3. The molecule has 0 radical (unpaired) electrons. The summed E-state index contributed by atoms with van der Waals surface area (Å²) in [5.74, 6) is -0.484. The van der Waals surface area contributed by atoms with Gasteiger partial charge in [0.2, 0.25) is 5.91 Å². The van der Waals surface area contributed by atoms with Gasteiger partial charge >= 0.3 is 11.7 Å². The summed E-state index contributed by atoms with van der Waals surface area (Å²) in [6.45, 7) is 3.65. The van der Waals surface area contributed by atoms with Gasteiger partial charge in [0.15, 0.2) is 5.65 Å². The van der Waals surface area contributed by atoms with Gasteiger partial charge in [-0.15, -0.1) is 0 Å². The van der Waals surface area contributed by atoms with Gasteiger partial charge in [0, 0.05) is 20.5 Å². The molecular weight excluding hydrogens is 386 g/mol. The van der Waals surface area contributed by atoms with Gasteiger partial charge in [-0.3, -0.25) is 23.5 Å². The number of hydrogen-bond acceptors (Lipinski definition) is 8. The summed E-state index contributed by atoms with van der Waals surface area (Å²) in [5, 5.41) is 2.97. The van der Waals surface area contributed by atoms with E-state index in [1.807, 2.05) is 6.92 Å². The predicted molar refractivity (Wildman–Crippen MR) is 104 cm³/mol. The van der Waals surface area contributed by atoms with Crippen molar-refractivity contribution < 1.29 is 14.3 Å². The summed E-state index contributed by atoms with van der Waals surface area (Å²) in [5.41, 5.74) is -0.765. The molecule has 0 aliphatic heterocycles. The molecule has 10 nitrogen and oxygen atoms in total. The predicted octanol–water partition coefficient (Wildman–Crippen LogP) is -0.249. The smallest absolute Gasteiger partial charge is 0.332 e. The first kappa shape index (κ1) is 21.6. The fourth-order valence-corrected chi connectivity index (χ4v) is 3.34. The Morgan fingerprint density at radius 1 is 1.14 bits per heavy atom. The van der Waals surface area contributed by atoms with Gasteiger partial charge in [0.05, 0.1) is 12.4 Å². The van der Waals surface area contributed by atoms with Crippen molar-refractivity contribution in [1.29, 1.82) is 0 Å². The van der Waals surface area contributed by atoms with E-state index in [1.165, 1.54) is 18.7 Å². The van der Waals surface area contributed by atoms with Gasteiger partial charge < -0.3 is 10.1 Å². The van der Waals surface area contributed by atoms with Crippen molar-refractivity contribution in [2.24, 2.45) is 14.1 Å². The average Bonchev–Trinajstić information content (AvgIpc) is 2.67. The lowest BCUT2D eigenvalue weighted by molar-refractivity contribution is -0.143. The summed E-state index contributed by atoms with van der Waals surface area (Å²) in [6, 6.07) is 0. The van der Waals surface area contributed by atoms with Gasteiger partial charge in [0.25, 0.3) is 5.56 Å². The minimum Gasteiger partial charge on any atom is -0.465 e. The molecular formula is C17H23N5O5S. The van der Waals surface area contributed by atoms with E-state index >= 15 is 0 Å². The molecule has 2 heterocycles. The second kappa shape index (κ2) is 9.49. The molecule has 0 aliphatic carbocycles. The van der Waals surface area contributed by atoms with Crippen LogP contribution in [0, 0.1) is 0 Å². The molecule has 2 aromatic rings. The average molecular weight is 409 g/mol. The van der Waals surface area contributed by atoms with E-state index < -0.39 is 23.1 Å². The van der Waals surface area contributed by atoms with E-state index in [0.29, 0.717) is 17.3 Å².